The zero-order chi connectivity index (χ0) is 25.2. The molecule has 0 atom stereocenters. The Hall–Kier alpha value is -3.41. The third-order valence-corrected chi connectivity index (χ3v) is 6.09. The number of aromatic nitrogens is 2. The van der Waals surface area contributed by atoms with Crippen LogP contribution in [0.3, 0.4) is 0 Å². The molecule has 2 amide bonds. The topological polar surface area (TPSA) is 67.2 Å². The van der Waals surface area contributed by atoms with Crippen LogP contribution in [0.25, 0.3) is 16.9 Å². The summed E-state index contributed by atoms with van der Waals surface area (Å²) in [5, 5.41) is 7.87. The predicted molar refractivity (Wildman–Crippen MR) is 143 cm³/mol. The van der Waals surface area contributed by atoms with E-state index >= 15 is 0 Å². The minimum absolute atomic E-state index is 0.0453. The Labute approximate surface area is 209 Å². The predicted octanol–water partition coefficient (Wildman–Crippen LogP) is 6.30. The molecule has 0 aliphatic heterocycles. The summed E-state index contributed by atoms with van der Waals surface area (Å²) in [6, 6.07) is 18.0. The van der Waals surface area contributed by atoms with Gasteiger partial charge < -0.3 is 10.2 Å². The Morgan fingerprint density at radius 3 is 2.37 bits per heavy atom. The summed E-state index contributed by atoms with van der Waals surface area (Å²) in [6.07, 6.45) is 5.29. The smallest absolute Gasteiger partial charge is 0.245 e. The van der Waals surface area contributed by atoms with Gasteiger partial charge in [-0.15, -0.1) is 0 Å². The van der Waals surface area contributed by atoms with Gasteiger partial charge in [0.15, 0.2) is 0 Å². The number of rotatable bonds is 12. The van der Waals surface area contributed by atoms with Crippen LogP contribution in [0.5, 0.6) is 0 Å². The van der Waals surface area contributed by atoms with Gasteiger partial charge in [-0.05, 0) is 38.3 Å². The maximum atomic E-state index is 13.1. The highest BCUT2D eigenvalue weighted by Crippen LogP contribution is 2.26. The molecule has 1 heterocycles. The molecule has 2 aromatic carbocycles. The number of anilines is 1. The molecule has 0 bridgehead atoms. The average Bonchev–Trinajstić information content (AvgIpc) is 3.25. The summed E-state index contributed by atoms with van der Waals surface area (Å²) in [5.74, 6) is 0.431. The van der Waals surface area contributed by atoms with Crippen molar-refractivity contribution in [3.05, 3.63) is 65.7 Å². The lowest BCUT2D eigenvalue weighted by molar-refractivity contribution is -0.134. The van der Waals surface area contributed by atoms with Gasteiger partial charge in [-0.3, -0.25) is 9.59 Å². The number of benzene rings is 2. The van der Waals surface area contributed by atoms with E-state index in [1.807, 2.05) is 55.5 Å². The van der Waals surface area contributed by atoms with Gasteiger partial charge >= 0.3 is 0 Å². The van der Waals surface area contributed by atoms with Crippen LogP contribution in [-0.2, 0) is 9.59 Å². The zero-order valence-electron chi connectivity index (χ0n) is 21.5. The molecule has 0 radical (unpaired) electrons. The standard InChI is InChI=1S/C29H38N4O2/c1-5-7-10-15-29(35)32(18-8-6-2)21-28(34)30-27-20-25(24-13-11-9-12-14-24)31-33(27)26-17-16-22(3)19-23(26)4/h9,11-14,16-17,19-20H,5-8,10,15,18,21H2,1-4H3,(H,30,34). The molecule has 35 heavy (non-hydrogen) atoms. The molecule has 0 saturated heterocycles. The van der Waals surface area contributed by atoms with Crippen LogP contribution in [0.15, 0.2) is 54.6 Å². The molecule has 1 aromatic heterocycles. The minimum atomic E-state index is -0.213. The molecule has 0 spiro atoms. The molecule has 0 fully saturated rings. The molecular formula is C29H38N4O2. The fourth-order valence-corrected chi connectivity index (χ4v) is 4.13. The van der Waals surface area contributed by atoms with Gasteiger partial charge in [0.25, 0.3) is 0 Å². The largest absolute Gasteiger partial charge is 0.333 e. The van der Waals surface area contributed by atoms with Crippen LogP contribution in [0, 0.1) is 13.8 Å². The maximum Gasteiger partial charge on any atom is 0.245 e. The Bertz CT molecular complexity index is 1120. The van der Waals surface area contributed by atoms with Gasteiger partial charge in [0.1, 0.15) is 5.82 Å². The fourth-order valence-electron chi connectivity index (χ4n) is 4.13. The number of nitrogens with zero attached hydrogens (tertiary/aromatic N) is 3. The quantitative estimate of drug-likeness (QED) is 0.313. The molecule has 0 saturated carbocycles. The number of nitrogens with one attached hydrogen (secondary N) is 1. The number of aryl methyl sites for hydroxylation is 2. The molecule has 3 rings (SSSR count). The third kappa shape index (κ3) is 7.28. The number of carbonyl (C=O) groups excluding carboxylic acids is 2. The lowest BCUT2D eigenvalue weighted by Crippen LogP contribution is -2.38. The van der Waals surface area contributed by atoms with Crippen molar-refractivity contribution in [3.8, 4) is 16.9 Å². The lowest BCUT2D eigenvalue weighted by atomic mass is 10.1. The van der Waals surface area contributed by atoms with E-state index in [1.165, 1.54) is 5.56 Å². The molecule has 6 nitrogen and oxygen atoms in total. The molecule has 0 unspecified atom stereocenters. The average molecular weight is 475 g/mol. The first-order valence-corrected chi connectivity index (χ1v) is 12.7. The summed E-state index contributed by atoms with van der Waals surface area (Å²) in [4.78, 5) is 27.6. The first-order valence-electron chi connectivity index (χ1n) is 12.7. The number of hydrogen-bond donors (Lipinski definition) is 1. The van der Waals surface area contributed by atoms with Gasteiger partial charge in [0.05, 0.1) is 17.9 Å². The van der Waals surface area contributed by atoms with E-state index in [0.717, 1.165) is 54.6 Å². The van der Waals surface area contributed by atoms with Crippen molar-refractivity contribution >= 4 is 17.6 Å². The van der Waals surface area contributed by atoms with Crippen molar-refractivity contribution < 1.29 is 9.59 Å². The van der Waals surface area contributed by atoms with Crippen LogP contribution in [0.2, 0.25) is 0 Å². The highest BCUT2D eigenvalue weighted by Gasteiger charge is 2.19. The Kier molecular flexibility index (Phi) is 9.65. The maximum absolute atomic E-state index is 13.1. The summed E-state index contributed by atoms with van der Waals surface area (Å²) >= 11 is 0. The minimum Gasteiger partial charge on any atom is -0.333 e. The fraction of sp³-hybridized carbons (Fsp3) is 0.414. The Morgan fingerprint density at radius 1 is 0.943 bits per heavy atom. The molecule has 186 valence electrons. The van der Waals surface area contributed by atoms with Crippen molar-refractivity contribution in [1.29, 1.82) is 0 Å². The third-order valence-electron chi connectivity index (χ3n) is 6.09. The van der Waals surface area contributed by atoms with E-state index in [4.69, 9.17) is 5.10 Å². The van der Waals surface area contributed by atoms with Crippen molar-refractivity contribution in [1.82, 2.24) is 14.7 Å². The van der Waals surface area contributed by atoms with Crippen LogP contribution >= 0.6 is 0 Å². The van der Waals surface area contributed by atoms with Gasteiger partial charge in [-0.1, -0.05) is 81.1 Å². The summed E-state index contributed by atoms with van der Waals surface area (Å²) in [6.45, 7) is 8.95. The number of hydrogen-bond acceptors (Lipinski definition) is 3. The second-order valence-electron chi connectivity index (χ2n) is 9.16. The molecule has 6 heteroatoms. The van der Waals surface area contributed by atoms with E-state index < -0.39 is 0 Å². The van der Waals surface area contributed by atoms with Gasteiger partial charge in [-0.2, -0.15) is 5.10 Å². The monoisotopic (exact) mass is 474 g/mol. The summed E-state index contributed by atoms with van der Waals surface area (Å²) < 4.78 is 1.79. The molecule has 1 N–H and O–H groups in total. The van der Waals surface area contributed by atoms with Gasteiger partial charge in [0, 0.05) is 24.6 Å². The zero-order valence-corrected chi connectivity index (χ0v) is 21.5. The number of amides is 2. The van der Waals surface area contributed by atoms with E-state index in [2.05, 4.69) is 32.2 Å². The second kappa shape index (κ2) is 12.9. The first kappa shape index (κ1) is 26.2. The highest BCUT2D eigenvalue weighted by molar-refractivity contribution is 5.94. The van der Waals surface area contributed by atoms with Crippen molar-refractivity contribution in [2.45, 2.75) is 66.2 Å². The van der Waals surface area contributed by atoms with Gasteiger partial charge in [0.2, 0.25) is 11.8 Å². The Balaban J connectivity index is 1.86. The van der Waals surface area contributed by atoms with Crippen LogP contribution in [0.1, 0.15) is 63.5 Å². The normalized spacial score (nSPS) is 10.9. The van der Waals surface area contributed by atoms with Crippen molar-refractivity contribution in [2.75, 3.05) is 18.4 Å². The summed E-state index contributed by atoms with van der Waals surface area (Å²) in [7, 11) is 0. The molecule has 0 aliphatic rings. The molecular weight excluding hydrogens is 436 g/mol. The van der Waals surface area contributed by atoms with E-state index in [9.17, 15) is 9.59 Å². The first-order chi connectivity index (χ1) is 16.9. The van der Waals surface area contributed by atoms with E-state index in [-0.39, 0.29) is 18.4 Å². The Morgan fingerprint density at radius 2 is 1.69 bits per heavy atom. The van der Waals surface area contributed by atoms with Gasteiger partial charge in [-0.25, -0.2) is 4.68 Å². The van der Waals surface area contributed by atoms with E-state index in [0.29, 0.717) is 18.8 Å². The van der Waals surface area contributed by atoms with Crippen LogP contribution < -0.4 is 5.32 Å². The van der Waals surface area contributed by atoms with E-state index in [1.54, 1.807) is 9.58 Å². The SMILES string of the molecule is CCCCCC(=O)N(CCCC)CC(=O)Nc1cc(-c2ccccc2)nn1-c1ccc(C)cc1C. The van der Waals surface area contributed by atoms with Crippen LogP contribution in [-0.4, -0.2) is 39.6 Å². The second-order valence-corrected chi connectivity index (χ2v) is 9.16. The highest BCUT2D eigenvalue weighted by atomic mass is 16.2. The number of carbonyl (C=O) groups is 2. The molecule has 3 aromatic rings. The lowest BCUT2D eigenvalue weighted by Gasteiger charge is -2.22. The molecule has 0 aliphatic carbocycles. The summed E-state index contributed by atoms with van der Waals surface area (Å²) in [5.41, 5.74) is 4.90. The van der Waals surface area contributed by atoms with Crippen molar-refractivity contribution in [3.63, 3.8) is 0 Å². The van der Waals surface area contributed by atoms with Crippen molar-refractivity contribution in [2.24, 2.45) is 0 Å². The van der Waals surface area contributed by atoms with Crippen LogP contribution in [0.4, 0.5) is 5.82 Å². The number of unbranched alkanes of at least 4 members (excludes halogenated alkanes) is 3.